The molecule has 0 atom stereocenters. The van der Waals surface area contributed by atoms with Crippen LogP contribution in [0.1, 0.15) is 11.1 Å². The molecular formula is C17H16F3N5OS3. The largest absolute Gasteiger partial charge is 0.405 e. The van der Waals surface area contributed by atoms with Gasteiger partial charge in [0, 0.05) is 10.9 Å². The Hall–Kier alpha value is -2.18. The highest BCUT2D eigenvalue weighted by atomic mass is 32.2. The van der Waals surface area contributed by atoms with Crippen LogP contribution in [0.5, 0.6) is 0 Å². The van der Waals surface area contributed by atoms with Crippen LogP contribution in [0.15, 0.2) is 27.9 Å². The number of carbonyl (C=O) groups excluding carboxylic acids is 1. The Morgan fingerprint density at radius 1 is 1.17 bits per heavy atom. The van der Waals surface area contributed by atoms with Crippen molar-refractivity contribution in [3.8, 4) is 11.3 Å². The number of alkyl halides is 3. The lowest BCUT2D eigenvalue weighted by Gasteiger charge is -2.05. The SMILES string of the molecule is Cc1ccc(-c2csc(NC(=O)CSc3nnc(NCC(F)(F)F)s3)n2)cc1C. The quantitative estimate of drug-likeness (QED) is 0.485. The van der Waals surface area contributed by atoms with Crippen LogP contribution >= 0.6 is 34.4 Å². The minimum atomic E-state index is -4.33. The van der Waals surface area contributed by atoms with Gasteiger partial charge in [-0.25, -0.2) is 4.98 Å². The second-order valence-corrected chi connectivity index (χ2v) is 9.07. The number of halogens is 3. The molecule has 0 aliphatic heterocycles. The normalized spacial score (nSPS) is 11.5. The summed E-state index contributed by atoms with van der Waals surface area (Å²) in [5.74, 6) is -0.233. The fourth-order valence-corrected chi connectivity index (χ4v) is 4.45. The van der Waals surface area contributed by atoms with E-state index in [4.69, 9.17) is 0 Å². The molecule has 0 aliphatic carbocycles. The molecule has 0 radical (unpaired) electrons. The maximum Gasteiger partial charge on any atom is 0.405 e. The van der Waals surface area contributed by atoms with Crippen molar-refractivity contribution in [3.63, 3.8) is 0 Å². The number of anilines is 2. The van der Waals surface area contributed by atoms with E-state index >= 15 is 0 Å². The van der Waals surface area contributed by atoms with E-state index in [2.05, 4.69) is 25.8 Å². The number of benzene rings is 1. The smallest absolute Gasteiger partial charge is 0.351 e. The molecule has 29 heavy (non-hydrogen) atoms. The zero-order valence-electron chi connectivity index (χ0n) is 15.3. The molecule has 0 unspecified atom stereocenters. The van der Waals surface area contributed by atoms with E-state index in [0.717, 1.165) is 34.4 Å². The van der Waals surface area contributed by atoms with Crippen LogP contribution in [0.3, 0.4) is 0 Å². The predicted molar refractivity (Wildman–Crippen MR) is 111 cm³/mol. The summed E-state index contributed by atoms with van der Waals surface area (Å²) in [5, 5.41) is 14.7. The van der Waals surface area contributed by atoms with E-state index < -0.39 is 12.7 Å². The molecule has 2 heterocycles. The number of hydrogen-bond acceptors (Lipinski definition) is 8. The summed E-state index contributed by atoms with van der Waals surface area (Å²) in [6, 6.07) is 6.06. The molecule has 6 nitrogen and oxygen atoms in total. The second-order valence-electron chi connectivity index (χ2n) is 6.02. The minimum absolute atomic E-state index is 0.0481. The van der Waals surface area contributed by atoms with Gasteiger partial charge in [0.2, 0.25) is 11.0 Å². The molecular weight excluding hydrogens is 443 g/mol. The second kappa shape index (κ2) is 9.09. The first-order chi connectivity index (χ1) is 13.7. The Morgan fingerprint density at radius 3 is 2.69 bits per heavy atom. The Morgan fingerprint density at radius 2 is 1.97 bits per heavy atom. The molecule has 0 fully saturated rings. The number of nitrogens with one attached hydrogen (secondary N) is 2. The third-order valence-electron chi connectivity index (χ3n) is 3.73. The highest BCUT2D eigenvalue weighted by Gasteiger charge is 2.27. The summed E-state index contributed by atoms with van der Waals surface area (Å²) < 4.78 is 37.0. The van der Waals surface area contributed by atoms with Gasteiger partial charge in [0.1, 0.15) is 6.54 Å². The third kappa shape index (κ3) is 6.41. The molecule has 0 bridgehead atoms. The van der Waals surface area contributed by atoms with Crippen LogP contribution < -0.4 is 10.6 Å². The summed E-state index contributed by atoms with van der Waals surface area (Å²) in [4.78, 5) is 16.6. The number of thioether (sulfide) groups is 1. The highest BCUT2D eigenvalue weighted by Crippen LogP contribution is 2.28. The standard InChI is InChI=1S/C17H16F3N5OS3/c1-9-3-4-11(5-10(9)2)12-6-27-15(22-12)23-13(26)7-28-16-25-24-14(29-16)21-8-17(18,19)20/h3-6H,7-8H2,1-2H3,(H,21,24)(H,22,23,26). The van der Waals surface area contributed by atoms with Crippen molar-refractivity contribution in [2.24, 2.45) is 0 Å². The van der Waals surface area contributed by atoms with Crippen molar-refractivity contribution < 1.29 is 18.0 Å². The van der Waals surface area contributed by atoms with Crippen LogP contribution in [-0.2, 0) is 4.79 Å². The summed E-state index contributed by atoms with van der Waals surface area (Å²) in [7, 11) is 0. The van der Waals surface area contributed by atoms with Gasteiger partial charge in [-0.3, -0.25) is 4.79 Å². The van der Waals surface area contributed by atoms with Gasteiger partial charge in [0.15, 0.2) is 9.47 Å². The number of aryl methyl sites for hydroxylation is 2. The maximum absolute atomic E-state index is 12.2. The first-order valence-electron chi connectivity index (χ1n) is 8.29. The number of aromatic nitrogens is 3. The molecule has 2 aromatic heterocycles. The molecule has 3 aromatic rings. The van der Waals surface area contributed by atoms with E-state index in [1.807, 2.05) is 37.4 Å². The van der Waals surface area contributed by atoms with Crippen LogP contribution in [0.4, 0.5) is 23.4 Å². The molecule has 1 aromatic carbocycles. The molecule has 154 valence electrons. The van der Waals surface area contributed by atoms with Crippen molar-refractivity contribution in [2.45, 2.75) is 24.4 Å². The highest BCUT2D eigenvalue weighted by molar-refractivity contribution is 8.01. The monoisotopic (exact) mass is 459 g/mol. The lowest BCUT2D eigenvalue weighted by atomic mass is 10.1. The lowest BCUT2D eigenvalue weighted by Crippen LogP contribution is -2.21. The van der Waals surface area contributed by atoms with Gasteiger partial charge in [-0.1, -0.05) is 35.2 Å². The van der Waals surface area contributed by atoms with Gasteiger partial charge >= 0.3 is 6.18 Å². The fourth-order valence-electron chi connectivity index (χ4n) is 2.16. The van der Waals surface area contributed by atoms with Crippen LogP contribution in [0, 0.1) is 13.8 Å². The molecule has 0 spiro atoms. The fraction of sp³-hybridized carbons (Fsp3) is 0.294. The van der Waals surface area contributed by atoms with Gasteiger partial charge in [-0.05, 0) is 31.0 Å². The Labute approximate surface area is 177 Å². The zero-order chi connectivity index (χ0) is 21.0. The molecule has 0 aliphatic rings. The molecule has 1 amide bonds. The van der Waals surface area contributed by atoms with E-state index in [0.29, 0.717) is 9.47 Å². The molecule has 0 saturated carbocycles. The van der Waals surface area contributed by atoms with Crippen LogP contribution in [0.2, 0.25) is 0 Å². The predicted octanol–water partition coefficient (Wildman–Crippen LogP) is 4.98. The Bertz CT molecular complexity index is 1000. The minimum Gasteiger partial charge on any atom is -0.351 e. The zero-order valence-corrected chi connectivity index (χ0v) is 17.8. The lowest BCUT2D eigenvalue weighted by molar-refractivity contribution is -0.115. The average molecular weight is 460 g/mol. The molecule has 2 N–H and O–H groups in total. The number of rotatable bonds is 7. The summed E-state index contributed by atoms with van der Waals surface area (Å²) >= 11 is 3.38. The van der Waals surface area contributed by atoms with Gasteiger partial charge in [0.05, 0.1) is 11.4 Å². The summed E-state index contributed by atoms with van der Waals surface area (Å²) in [6.45, 7) is 2.89. The Balaban J connectivity index is 1.51. The van der Waals surface area contributed by atoms with Gasteiger partial charge in [-0.15, -0.1) is 21.5 Å². The average Bonchev–Trinajstić information content (AvgIpc) is 3.29. The first kappa shape index (κ1) is 21.5. The van der Waals surface area contributed by atoms with Crippen LogP contribution in [0.25, 0.3) is 11.3 Å². The van der Waals surface area contributed by atoms with Gasteiger partial charge in [-0.2, -0.15) is 13.2 Å². The number of hydrogen-bond donors (Lipinski definition) is 2. The summed E-state index contributed by atoms with van der Waals surface area (Å²) in [6.07, 6.45) is -4.33. The number of amides is 1. The van der Waals surface area contributed by atoms with E-state index in [-0.39, 0.29) is 16.8 Å². The first-order valence-corrected chi connectivity index (χ1v) is 11.0. The number of nitrogens with zero attached hydrogens (tertiary/aromatic N) is 3. The number of carbonyl (C=O) groups is 1. The maximum atomic E-state index is 12.2. The van der Waals surface area contributed by atoms with Gasteiger partial charge in [0.25, 0.3) is 0 Å². The van der Waals surface area contributed by atoms with Crippen molar-refractivity contribution in [1.29, 1.82) is 0 Å². The molecule has 0 saturated heterocycles. The van der Waals surface area contributed by atoms with Crippen LogP contribution in [-0.4, -0.2) is 39.6 Å². The molecule has 12 heteroatoms. The van der Waals surface area contributed by atoms with Gasteiger partial charge < -0.3 is 10.6 Å². The van der Waals surface area contributed by atoms with Crippen molar-refractivity contribution in [1.82, 2.24) is 15.2 Å². The van der Waals surface area contributed by atoms with Crippen molar-refractivity contribution in [3.05, 3.63) is 34.7 Å². The van der Waals surface area contributed by atoms with E-state index in [1.54, 1.807) is 0 Å². The van der Waals surface area contributed by atoms with Crippen molar-refractivity contribution >= 4 is 50.6 Å². The number of thiazole rings is 1. The van der Waals surface area contributed by atoms with E-state index in [9.17, 15) is 18.0 Å². The third-order valence-corrected chi connectivity index (χ3v) is 6.50. The molecule has 3 rings (SSSR count). The van der Waals surface area contributed by atoms with Crippen molar-refractivity contribution in [2.75, 3.05) is 22.9 Å². The van der Waals surface area contributed by atoms with E-state index in [1.165, 1.54) is 22.5 Å². The Kier molecular flexibility index (Phi) is 6.75. The topological polar surface area (TPSA) is 79.8 Å². The summed E-state index contributed by atoms with van der Waals surface area (Å²) in [5.41, 5.74) is 4.12.